The summed E-state index contributed by atoms with van der Waals surface area (Å²) in [6.45, 7) is 0.143. The van der Waals surface area contributed by atoms with Crippen LogP contribution >= 0.6 is 0 Å². The lowest BCUT2D eigenvalue weighted by molar-refractivity contribution is -0.122. The van der Waals surface area contributed by atoms with Gasteiger partial charge in [0.05, 0.1) is 6.42 Å². The second kappa shape index (κ2) is 5.64. The first-order chi connectivity index (χ1) is 11.2. The molecule has 4 atom stereocenters. The fourth-order valence-electron chi connectivity index (χ4n) is 4.60. The highest BCUT2D eigenvalue weighted by Crippen LogP contribution is 2.48. The second-order valence-corrected chi connectivity index (χ2v) is 6.95. The minimum absolute atomic E-state index is 0.0499. The van der Waals surface area contributed by atoms with Gasteiger partial charge in [0.15, 0.2) is 0 Å². The maximum atomic E-state index is 13.4. The topological polar surface area (TPSA) is 65.1 Å². The molecule has 0 aliphatic heterocycles. The zero-order valence-corrected chi connectivity index (χ0v) is 12.9. The van der Waals surface area contributed by atoms with Crippen molar-refractivity contribution in [3.8, 4) is 0 Å². The molecule has 4 rings (SSSR count). The molecule has 2 aromatic rings. The van der Waals surface area contributed by atoms with E-state index in [1.165, 1.54) is 18.6 Å². The highest BCUT2D eigenvalue weighted by molar-refractivity contribution is 5.89. The molecule has 23 heavy (non-hydrogen) atoms. The Morgan fingerprint density at radius 2 is 2.17 bits per heavy atom. The number of halogens is 1. The first kappa shape index (κ1) is 14.7. The third-order valence-electron chi connectivity index (χ3n) is 5.71. The highest BCUT2D eigenvalue weighted by atomic mass is 19.1. The molecule has 4 nitrogen and oxygen atoms in total. The van der Waals surface area contributed by atoms with Crippen LogP contribution in [0.1, 0.15) is 24.8 Å². The van der Waals surface area contributed by atoms with E-state index in [1.807, 2.05) is 0 Å². The molecule has 2 aliphatic carbocycles. The third kappa shape index (κ3) is 2.53. The van der Waals surface area contributed by atoms with Crippen molar-refractivity contribution in [1.29, 1.82) is 0 Å². The lowest BCUT2D eigenvalue weighted by Crippen LogP contribution is -2.45. The van der Waals surface area contributed by atoms with Gasteiger partial charge in [-0.05, 0) is 54.9 Å². The Labute approximate surface area is 134 Å². The van der Waals surface area contributed by atoms with Crippen LogP contribution in [-0.4, -0.2) is 28.6 Å². The number of H-pyrrole nitrogens is 1. The fourth-order valence-corrected chi connectivity index (χ4v) is 4.60. The molecule has 0 saturated heterocycles. The van der Waals surface area contributed by atoms with Gasteiger partial charge in [-0.25, -0.2) is 4.39 Å². The quantitative estimate of drug-likeness (QED) is 0.811. The molecule has 0 radical (unpaired) electrons. The van der Waals surface area contributed by atoms with Crippen LogP contribution in [0, 0.1) is 23.6 Å². The van der Waals surface area contributed by atoms with E-state index < -0.39 is 0 Å². The zero-order chi connectivity index (χ0) is 16.0. The summed E-state index contributed by atoms with van der Waals surface area (Å²) >= 11 is 0. The number of carbonyl (C=O) groups is 1. The molecule has 1 heterocycles. The first-order valence-electron chi connectivity index (χ1n) is 8.31. The van der Waals surface area contributed by atoms with E-state index in [0.29, 0.717) is 11.8 Å². The van der Waals surface area contributed by atoms with Gasteiger partial charge in [-0.2, -0.15) is 0 Å². The van der Waals surface area contributed by atoms with Crippen molar-refractivity contribution in [1.82, 2.24) is 10.3 Å². The van der Waals surface area contributed by atoms with Crippen LogP contribution in [0.4, 0.5) is 4.39 Å². The number of carbonyl (C=O) groups excluding carboxylic acids is 1. The number of nitrogens with one attached hydrogen (secondary N) is 2. The Kier molecular flexibility index (Phi) is 3.60. The van der Waals surface area contributed by atoms with Gasteiger partial charge in [-0.15, -0.1) is 0 Å². The summed E-state index contributed by atoms with van der Waals surface area (Å²) in [6, 6.07) is 4.64. The zero-order valence-electron chi connectivity index (χ0n) is 12.9. The summed E-state index contributed by atoms with van der Waals surface area (Å²) in [5, 5.41) is 13.5. The monoisotopic (exact) mass is 316 g/mol. The van der Waals surface area contributed by atoms with Gasteiger partial charge >= 0.3 is 0 Å². The number of aliphatic hydroxyl groups is 1. The Balaban J connectivity index is 1.48. The first-order valence-corrected chi connectivity index (χ1v) is 8.31. The molecule has 1 aromatic heterocycles. The normalized spacial score (nSPS) is 29.3. The maximum absolute atomic E-state index is 13.4. The molecule has 1 aromatic carbocycles. The van der Waals surface area contributed by atoms with Gasteiger partial charge in [-0.1, -0.05) is 0 Å². The van der Waals surface area contributed by atoms with Gasteiger partial charge in [0.25, 0.3) is 0 Å². The standard InChI is InChI=1S/C18H21FN2O2/c19-13-3-4-16-14(7-13)12(8-20-16)6-17(23)21-18-11-2-1-10(5-11)15(18)9-22/h3-4,7-8,10-11,15,18,20,22H,1-2,5-6,9H2,(H,21,23). The van der Waals surface area contributed by atoms with E-state index in [9.17, 15) is 14.3 Å². The molecule has 2 saturated carbocycles. The summed E-state index contributed by atoms with van der Waals surface area (Å²) in [5.74, 6) is 0.899. The van der Waals surface area contributed by atoms with Crippen molar-refractivity contribution in [2.24, 2.45) is 17.8 Å². The Morgan fingerprint density at radius 1 is 1.35 bits per heavy atom. The Hall–Kier alpha value is -1.88. The number of aromatic nitrogens is 1. The highest BCUT2D eigenvalue weighted by Gasteiger charge is 2.47. The van der Waals surface area contributed by atoms with Crippen molar-refractivity contribution in [2.75, 3.05) is 6.61 Å². The van der Waals surface area contributed by atoms with E-state index in [-0.39, 0.29) is 36.7 Å². The molecule has 4 unspecified atom stereocenters. The third-order valence-corrected chi connectivity index (χ3v) is 5.71. The average molecular weight is 316 g/mol. The lowest BCUT2D eigenvalue weighted by Gasteiger charge is -2.30. The minimum atomic E-state index is -0.299. The molecular weight excluding hydrogens is 295 g/mol. The number of benzene rings is 1. The molecule has 3 N–H and O–H groups in total. The predicted molar refractivity (Wildman–Crippen MR) is 85.3 cm³/mol. The number of hydrogen-bond donors (Lipinski definition) is 3. The predicted octanol–water partition coefficient (Wildman–Crippen LogP) is 2.37. The second-order valence-electron chi connectivity index (χ2n) is 6.95. The Morgan fingerprint density at radius 3 is 3.00 bits per heavy atom. The van der Waals surface area contributed by atoms with Crippen molar-refractivity contribution in [3.05, 3.63) is 35.8 Å². The van der Waals surface area contributed by atoms with Gasteiger partial charge in [-0.3, -0.25) is 4.79 Å². The molecular formula is C18H21FN2O2. The lowest BCUT2D eigenvalue weighted by atomic mass is 9.85. The fraction of sp³-hybridized carbons (Fsp3) is 0.500. The summed E-state index contributed by atoms with van der Waals surface area (Å²) in [7, 11) is 0. The van der Waals surface area contributed by atoms with E-state index in [0.717, 1.165) is 29.3 Å². The minimum Gasteiger partial charge on any atom is -0.396 e. The Bertz CT molecular complexity index is 742. The van der Waals surface area contributed by atoms with Crippen molar-refractivity contribution in [3.63, 3.8) is 0 Å². The number of aromatic amines is 1. The van der Waals surface area contributed by atoms with Crippen molar-refractivity contribution in [2.45, 2.75) is 31.7 Å². The van der Waals surface area contributed by atoms with Crippen LogP contribution in [-0.2, 0) is 11.2 Å². The SMILES string of the molecule is O=C(Cc1c[nH]c2ccc(F)cc12)NC1C2CCC(C2)C1CO. The molecule has 2 fully saturated rings. The van der Waals surface area contributed by atoms with Crippen LogP contribution in [0.15, 0.2) is 24.4 Å². The smallest absolute Gasteiger partial charge is 0.224 e. The molecule has 122 valence electrons. The summed E-state index contributed by atoms with van der Waals surface area (Å²) < 4.78 is 13.4. The molecule has 0 spiro atoms. The van der Waals surface area contributed by atoms with E-state index >= 15 is 0 Å². The van der Waals surface area contributed by atoms with Crippen LogP contribution in [0.5, 0.6) is 0 Å². The summed E-state index contributed by atoms with van der Waals surface area (Å²) in [6.07, 6.45) is 5.44. The van der Waals surface area contributed by atoms with Gasteiger partial charge < -0.3 is 15.4 Å². The van der Waals surface area contributed by atoms with E-state index in [2.05, 4.69) is 10.3 Å². The van der Waals surface area contributed by atoms with Crippen LogP contribution in [0.2, 0.25) is 0 Å². The van der Waals surface area contributed by atoms with E-state index in [4.69, 9.17) is 0 Å². The van der Waals surface area contributed by atoms with Crippen LogP contribution in [0.25, 0.3) is 10.9 Å². The molecule has 5 heteroatoms. The van der Waals surface area contributed by atoms with Gasteiger partial charge in [0, 0.05) is 35.7 Å². The van der Waals surface area contributed by atoms with Crippen molar-refractivity contribution >= 4 is 16.8 Å². The van der Waals surface area contributed by atoms with Crippen LogP contribution < -0.4 is 5.32 Å². The van der Waals surface area contributed by atoms with Crippen LogP contribution in [0.3, 0.4) is 0 Å². The largest absolute Gasteiger partial charge is 0.396 e. The molecule has 2 aliphatic rings. The van der Waals surface area contributed by atoms with Gasteiger partial charge in [0.2, 0.25) is 5.91 Å². The maximum Gasteiger partial charge on any atom is 0.224 e. The molecule has 2 bridgehead atoms. The average Bonchev–Trinajstić information content (AvgIpc) is 3.22. The number of aliphatic hydroxyl groups excluding tert-OH is 1. The van der Waals surface area contributed by atoms with Crippen molar-refractivity contribution < 1.29 is 14.3 Å². The summed E-state index contributed by atoms with van der Waals surface area (Å²) in [5.41, 5.74) is 1.64. The number of amides is 1. The number of hydrogen-bond acceptors (Lipinski definition) is 2. The number of fused-ring (bicyclic) bond motifs is 3. The molecule has 1 amide bonds. The van der Waals surface area contributed by atoms with Gasteiger partial charge in [0.1, 0.15) is 5.82 Å². The van der Waals surface area contributed by atoms with E-state index in [1.54, 1.807) is 12.3 Å². The summed E-state index contributed by atoms with van der Waals surface area (Å²) in [4.78, 5) is 15.5. The number of rotatable bonds is 4.